The summed E-state index contributed by atoms with van der Waals surface area (Å²) < 4.78 is 18.5. The van der Waals surface area contributed by atoms with Gasteiger partial charge in [-0.3, -0.25) is 9.36 Å². The summed E-state index contributed by atoms with van der Waals surface area (Å²) in [5.41, 5.74) is 3.37. The lowest BCUT2D eigenvalue weighted by molar-refractivity contribution is -0.139. The fourth-order valence-electron chi connectivity index (χ4n) is 4.25. The topological polar surface area (TPSA) is 79.1 Å². The smallest absolute Gasteiger partial charge is 0.338 e. The van der Waals surface area contributed by atoms with Crippen molar-refractivity contribution in [3.8, 4) is 11.5 Å². The third-order valence-corrected chi connectivity index (χ3v) is 7.72. The second kappa shape index (κ2) is 9.39. The SMILES string of the molecule is CCOC(=O)C1=C(C)N=c2s/c(=C/c3cc4c(cc3C)OCO4)c(=O)n2C1c1ccc(SC)cc1. The van der Waals surface area contributed by atoms with Gasteiger partial charge >= 0.3 is 5.97 Å². The molecule has 0 radical (unpaired) electrons. The number of allylic oxidation sites excluding steroid dienone is 1. The third-order valence-electron chi connectivity index (χ3n) is 6.00. The van der Waals surface area contributed by atoms with Crippen LogP contribution in [0.4, 0.5) is 0 Å². The van der Waals surface area contributed by atoms with E-state index in [1.54, 1.807) is 30.2 Å². The van der Waals surface area contributed by atoms with Crippen LogP contribution in [-0.4, -0.2) is 30.2 Å². The van der Waals surface area contributed by atoms with E-state index in [4.69, 9.17) is 14.2 Å². The lowest BCUT2D eigenvalue weighted by Gasteiger charge is -2.24. The van der Waals surface area contributed by atoms with Crippen LogP contribution in [0.2, 0.25) is 0 Å². The molecule has 0 amide bonds. The number of carbonyl (C=O) groups excluding carboxylic acids is 1. The molecule has 7 nitrogen and oxygen atoms in total. The van der Waals surface area contributed by atoms with Crippen molar-refractivity contribution in [3.05, 3.63) is 84.0 Å². The molecule has 0 saturated carbocycles. The van der Waals surface area contributed by atoms with Crippen molar-refractivity contribution in [1.29, 1.82) is 0 Å². The highest BCUT2D eigenvalue weighted by molar-refractivity contribution is 7.98. The average molecular weight is 509 g/mol. The summed E-state index contributed by atoms with van der Waals surface area (Å²) >= 11 is 2.93. The summed E-state index contributed by atoms with van der Waals surface area (Å²) in [7, 11) is 0. The zero-order valence-electron chi connectivity index (χ0n) is 19.8. The first-order chi connectivity index (χ1) is 16.9. The zero-order valence-corrected chi connectivity index (χ0v) is 21.4. The summed E-state index contributed by atoms with van der Waals surface area (Å²) in [5, 5.41) is 0. The molecule has 2 aromatic carbocycles. The molecule has 0 saturated heterocycles. The molecule has 0 spiro atoms. The molecule has 180 valence electrons. The number of hydrogen-bond acceptors (Lipinski definition) is 8. The van der Waals surface area contributed by atoms with Gasteiger partial charge in [-0.25, -0.2) is 9.79 Å². The molecule has 5 rings (SSSR count). The van der Waals surface area contributed by atoms with Crippen molar-refractivity contribution in [1.82, 2.24) is 4.57 Å². The Morgan fingerprint density at radius 3 is 2.63 bits per heavy atom. The average Bonchev–Trinajstić information content (AvgIpc) is 3.42. The van der Waals surface area contributed by atoms with Crippen LogP contribution in [0.5, 0.6) is 11.5 Å². The summed E-state index contributed by atoms with van der Waals surface area (Å²) in [6, 6.07) is 11.0. The number of esters is 1. The van der Waals surface area contributed by atoms with E-state index in [9.17, 15) is 9.59 Å². The van der Waals surface area contributed by atoms with Crippen LogP contribution in [0.1, 0.15) is 36.6 Å². The Morgan fingerprint density at radius 1 is 1.23 bits per heavy atom. The highest BCUT2D eigenvalue weighted by atomic mass is 32.2. The van der Waals surface area contributed by atoms with Gasteiger partial charge in [-0.15, -0.1) is 11.8 Å². The van der Waals surface area contributed by atoms with E-state index >= 15 is 0 Å². The van der Waals surface area contributed by atoms with E-state index in [2.05, 4.69) is 4.99 Å². The number of rotatable bonds is 5. The van der Waals surface area contributed by atoms with Crippen LogP contribution < -0.4 is 24.4 Å². The second-order valence-corrected chi connectivity index (χ2v) is 10.0. The second-order valence-electron chi connectivity index (χ2n) is 8.14. The number of fused-ring (bicyclic) bond motifs is 2. The standard InChI is InChI=1S/C26H24N2O5S2/c1-5-31-25(30)22-15(3)27-26-28(23(22)16-6-8-18(34-4)9-7-16)24(29)21(35-26)12-17-11-20-19(10-14(17)2)32-13-33-20/h6-12,23H,5,13H2,1-4H3/b21-12+. The monoisotopic (exact) mass is 508 g/mol. The highest BCUT2D eigenvalue weighted by Crippen LogP contribution is 2.35. The fourth-order valence-corrected chi connectivity index (χ4v) is 5.69. The summed E-state index contributed by atoms with van der Waals surface area (Å²) in [6.07, 6.45) is 3.85. The van der Waals surface area contributed by atoms with E-state index < -0.39 is 12.0 Å². The van der Waals surface area contributed by atoms with Gasteiger partial charge in [0.05, 0.1) is 28.5 Å². The van der Waals surface area contributed by atoms with Gasteiger partial charge in [-0.2, -0.15) is 0 Å². The molecule has 1 unspecified atom stereocenters. The predicted molar refractivity (Wildman–Crippen MR) is 136 cm³/mol. The maximum absolute atomic E-state index is 13.7. The van der Waals surface area contributed by atoms with Gasteiger partial charge < -0.3 is 14.2 Å². The largest absolute Gasteiger partial charge is 0.463 e. The zero-order chi connectivity index (χ0) is 24.7. The van der Waals surface area contributed by atoms with E-state index in [0.717, 1.165) is 21.6 Å². The molecule has 2 aliphatic rings. The Balaban J connectivity index is 1.70. The van der Waals surface area contributed by atoms with Gasteiger partial charge in [-0.05, 0) is 74.1 Å². The molecule has 9 heteroatoms. The number of benzene rings is 2. The minimum Gasteiger partial charge on any atom is -0.463 e. The summed E-state index contributed by atoms with van der Waals surface area (Å²) in [6.45, 7) is 5.94. The summed E-state index contributed by atoms with van der Waals surface area (Å²) in [4.78, 5) is 33.0. The van der Waals surface area contributed by atoms with Crippen LogP contribution in [0.25, 0.3) is 6.08 Å². The number of ether oxygens (including phenoxy) is 3. The number of hydrogen-bond donors (Lipinski definition) is 0. The number of thioether (sulfide) groups is 1. The molecule has 3 heterocycles. The van der Waals surface area contributed by atoms with Gasteiger partial charge in [0.15, 0.2) is 16.3 Å². The summed E-state index contributed by atoms with van der Waals surface area (Å²) in [5.74, 6) is 0.889. The van der Waals surface area contributed by atoms with Crippen LogP contribution >= 0.6 is 23.1 Å². The number of aryl methyl sites for hydroxylation is 1. The Kier molecular flexibility index (Phi) is 6.29. The third kappa shape index (κ3) is 4.19. The van der Waals surface area contributed by atoms with Gasteiger partial charge in [0.1, 0.15) is 0 Å². The van der Waals surface area contributed by atoms with Gasteiger partial charge in [0.25, 0.3) is 5.56 Å². The molecule has 1 aromatic heterocycles. The molecule has 0 aliphatic carbocycles. The van der Waals surface area contributed by atoms with Crippen molar-refractivity contribution in [2.45, 2.75) is 31.7 Å². The fraction of sp³-hybridized carbons (Fsp3) is 0.269. The predicted octanol–water partition coefficient (Wildman–Crippen LogP) is 3.56. The number of thiazole rings is 1. The maximum Gasteiger partial charge on any atom is 0.338 e. The van der Waals surface area contributed by atoms with E-state index in [1.807, 2.05) is 55.7 Å². The van der Waals surface area contributed by atoms with Crippen molar-refractivity contribution in [2.24, 2.45) is 4.99 Å². The van der Waals surface area contributed by atoms with E-state index in [1.165, 1.54) is 11.3 Å². The number of carbonyl (C=O) groups is 1. The van der Waals surface area contributed by atoms with Crippen LogP contribution in [-0.2, 0) is 9.53 Å². The molecule has 0 N–H and O–H groups in total. The molecule has 35 heavy (non-hydrogen) atoms. The van der Waals surface area contributed by atoms with Crippen molar-refractivity contribution >= 4 is 35.1 Å². The Labute approximate surface area is 210 Å². The van der Waals surface area contributed by atoms with Crippen LogP contribution in [0, 0.1) is 6.92 Å². The molecule has 3 aromatic rings. The highest BCUT2D eigenvalue weighted by Gasteiger charge is 2.33. The van der Waals surface area contributed by atoms with Gasteiger partial charge in [0, 0.05) is 4.90 Å². The Morgan fingerprint density at radius 2 is 1.94 bits per heavy atom. The molecular weight excluding hydrogens is 484 g/mol. The molecule has 1 atom stereocenters. The van der Waals surface area contributed by atoms with Crippen molar-refractivity contribution < 1.29 is 19.0 Å². The molecular formula is C26H24N2O5S2. The normalized spacial score (nSPS) is 16.8. The first-order valence-electron chi connectivity index (χ1n) is 11.1. The van der Waals surface area contributed by atoms with Crippen molar-refractivity contribution in [3.63, 3.8) is 0 Å². The first kappa shape index (κ1) is 23.4. The minimum absolute atomic E-state index is 0.186. The lowest BCUT2D eigenvalue weighted by Crippen LogP contribution is -2.39. The first-order valence-corrected chi connectivity index (χ1v) is 13.2. The molecule has 0 fully saturated rings. The Bertz CT molecular complexity index is 1530. The molecule has 0 bridgehead atoms. The lowest BCUT2D eigenvalue weighted by atomic mass is 9.96. The van der Waals surface area contributed by atoms with Crippen molar-refractivity contribution in [2.75, 3.05) is 19.7 Å². The Hall–Kier alpha value is -3.30. The quantitative estimate of drug-likeness (QED) is 0.387. The number of nitrogens with zero attached hydrogens (tertiary/aromatic N) is 2. The van der Waals surface area contributed by atoms with Crippen LogP contribution in [0.3, 0.4) is 0 Å². The van der Waals surface area contributed by atoms with Crippen LogP contribution in [0.15, 0.2) is 62.4 Å². The van der Waals surface area contributed by atoms with E-state index in [0.29, 0.717) is 32.1 Å². The maximum atomic E-state index is 13.7. The minimum atomic E-state index is -0.624. The van der Waals surface area contributed by atoms with Gasteiger partial charge in [0.2, 0.25) is 6.79 Å². The molecule has 2 aliphatic heterocycles. The van der Waals surface area contributed by atoms with E-state index in [-0.39, 0.29) is 19.0 Å². The number of aromatic nitrogens is 1. The van der Waals surface area contributed by atoms with Gasteiger partial charge in [-0.1, -0.05) is 23.5 Å².